The van der Waals surface area contributed by atoms with Gasteiger partial charge in [-0.25, -0.2) is 4.79 Å². The van der Waals surface area contributed by atoms with Crippen molar-refractivity contribution in [1.82, 2.24) is 5.32 Å². The predicted molar refractivity (Wildman–Crippen MR) is 120 cm³/mol. The van der Waals surface area contributed by atoms with E-state index in [9.17, 15) is 9.59 Å². The lowest BCUT2D eigenvalue weighted by atomic mass is 9.96. The van der Waals surface area contributed by atoms with Gasteiger partial charge < -0.3 is 21.1 Å². The zero-order chi connectivity index (χ0) is 20.4. The Kier molecular flexibility index (Phi) is 13.0. The topological polar surface area (TPSA) is 93.4 Å². The number of amides is 1. The second-order valence-electron chi connectivity index (χ2n) is 7.00. The summed E-state index contributed by atoms with van der Waals surface area (Å²) in [6, 6.07) is 6.77. The minimum absolute atomic E-state index is 0. The van der Waals surface area contributed by atoms with Gasteiger partial charge in [-0.2, -0.15) is 11.8 Å². The maximum absolute atomic E-state index is 12.6. The van der Waals surface area contributed by atoms with Crippen molar-refractivity contribution >= 4 is 41.7 Å². The number of hydrogen-bond donors (Lipinski definition) is 3. The monoisotopic (exact) mass is 431 g/mol. The van der Waals surface area contributed by atoms with E-state index >= 15 is 0 Å². The molecule has 0 radical (unpaired) electrons. The van der Waals surface area contributed by atoms with Gasteiger partial charge in [0.05, 0.1) is 7.11 Å². The number of nitrogens with one attached hydrogen (secondary N) is 2. The van der Waals surface area contributed by atoms with Crippen LogP contribution in [0.15, 0.2) is 24.3 Å². The van der Waals surface area contributed by atoms with Crippen LogP contribution in [0, 0.1) is 5.92 Å². The zero-order valence-corrected chi connectivity index (χ0v) is 19.0. The SMILES string of the molecule is COC(=O)C(CCSC)NC(=O)C(C)Nc1ccccc1CC(N)C(C)C.Cl. The number of thioether (sulfide) groups is 1. The van der Waals surface area contributed by atoms with Crippen LogP contribution >= 0.6 is 24.2 Å². The molecule has 1 amide bonds. The summed E-state index contributed by atoms with van der Waals surface area (Å²) in [5.74, 6) is 0.469. The molecule has 0 spiro atoms. The average Bonchev–Trinajstić information content (AvgIpc) is 2.65. The number of methoxy groups -OCH3 is 1. The van der Waals surface area contributed by atoms with Gasteiger partial charge in [-0.15, -0.1) is 12.4 Å². The lowest BCUT2D eigenvalue weighted by Gasteiger charge is -2.23. The summed E-state index contributed by atoms with van der Waals surface area (Å²) >= 11 is 1.62. The van der Waals surface area contributed by atoms with Crippen molar-refractivity contribution in [2.24, 2.45) is 11.7 Å². The van der Waals surface area contributed by atoms with E-state index in [1.165, 1.54) is 7.11 Å². The van der Waals surface area contributed by atoms with Crippen LogP contribution < -0.4 is 16.4 Å². The number of ether oxygens (including phenoxy) is 1. The lowest BCUT2D eigenvalue weighted by molar-refractivity contribution is -0.145. The summed E-state index contributed by atoms with van der Waals surface area (Å²) in [6.45, 7) is 5.97. The molecule has 0 heterocycles. The third-order valence-corrected chi connectivity index (χ3v) is 5.15. The standard InChI is InChI=1S/C20H33N3O3S.ClH/c1-13(2)16(21)12-15-8-6-7-9-17(15)22-14(3)19(24)23-18(10-11-27-5)20(25)26-4;/h6-9,13-14,16,18,22H,10-12,21H2,1-5H3,(H,23,24);1H. The van der Waals surface area contributed by atoms with Gasteiger partial charge in [0, 0.05) is 11.7 Å². The van der Waals surface area contributed by atoms with Gasteiger partial charge in [0.1, 0.15) is 12.1 Å². The highest BCUT2D eigenvalue weighted by molar-refractivity contribution is 7.98. The molecule has 0 saturated heterocycles. The Morgan fingerprint density at radius 3 is 2.43 bits per heavy atom. The Hall–Kier alpha value is -1.44. The van der Waals surface area contributed by atoms with Crippen molar-refractivity contribution in [2.75, 3.05) is 24.4 Å². The molecule has 1 rings (SSSR count). The first-order valence-corrected chi connectivity index (χ1v) is 10.7. The highest BCUT2D eigenvalue weighted by Crippen LogP contribution is 2.19. The van der Waals surface area contributed by atoms with E-state index in [2.05, 4.69) is 24.5 Å². The molecule has 0 aromatic heterocycles. The van der Waals surface area contributed by atoms with Crippen LogP contribution in [0.25, 0.3) is 0 Å². The summed E-state index contributed by atoms with van der Waals surface area (Å²) in [5, 5.41) is 6.04. The Balaban J connectivity index is 0.00000729. The number of benzene rings is 1. The highest BCUT2D eigenvalue weighted by atomic mass is 35.5. The van der Waals surface area contributed by atoms with Gasteiger partial charge in [-0.05, 0) is 49.3 Å². The van der Waals surface area contributed by atoms with E-state index in [-0.39, 0.29) is 24.4 Å². The van der Waals surface area contributed by atoms with Crippen molar-refractivity contribution in [2.45, 2.75) is 51.7 Å². The number of carbonyl (C=O) groups excluding carboxylic acids is 2. The van der Waals surface area contributed by atoms with Gasteiger partial charge in [-0.3, -0.25) is 4.79 Å². The molecule has 0 aliphatic carbocycles. The van der Waals surface area contributed by atoms with Gasteiger partial charge >= 0.3 is 5.97 Å². The van der Waals surface area contributed by atoms with E-state index in [1.54, 1.807) is 18.7 Å². The fourth-order valence-electron chi connectivity index (χ4n) is 2.55. The van der Waals surface area contributed by atoms with E-state index in [0.29, 0.717) is 12.3 Å². The van der Waals surface area contributed by atoms with E-state index in [4.69, 9.17) is 10.5 Å². The number of rotatable bonds is 11. The smallest absolute Gasteiger partial charge is 0.328 e. The second-order valence-corrected chi connectivity index (χ2v) is 7.99. The number of para-hydroxylation sites is 1. The Morgan fingerprint density at radius 2 is 1.86 bits per heavy atom. The molecule has 28 heavy (non-hydrogen) atoms. The molecule has 3 unspecified atom stereocenters. The van der Waals surface area contributed by atoms with Crippen molar-refractivity contribution in [3.8, 4) is 0 Å². The molecule has 160 valence electrons. The molecular weight excluding hydrogens is 398 g/mol. The summed E-state index contributed by atoms with van der Waals surface area (Å²) < 4.78 is 4.80. The zero-order valence-electron chi connectivity index (χ0n) is 17.4. The molecular formula is C20H34ClN3O3S. The summed E-state index contributed by atoms with van der Waals surface area (Å²) in [4.78, 5) is 24.5. The molecule has 4 N–H and O–H groups in total. The van der Waals surface area contributed by atoms with Crippen molar-refractivity contribution < 1.29 is 14.3 Å². The minimum atomic E-state index is -0.635. The Bertz CT molecular complexity index is 616. The van der Waals surface area contributed by atoms with Crippen LogP contribution in [0.1, 0.15) is 32.8 Å². The van der Waals surface area contributed by atoms with Gasteiger partial charge in [0.25, 0.3) is 0 Å². The van der Waals surface area contributed by atoms with Gasteiger partial charge in [0.15, 0.2) is 0 Å². The average molecular weight is 432 g/mol. The Morgan fingerprint density at radius 1 is 1.21 bits per heavy atom. The number of halogens is 1. The first-order chi connectivity index (χ1) is 12.8. The normalized spacial score (nSPS) is 13.8. The Labute approximate surface area is 179 Å². The molecule has 0 fully saturated rings. The number of nitrogens with two attached hydrogens (primary N) is 1. The van der Waals surface area contributed by atoms with Crippen LogP contribution in [-0.4, -0.2) is 49.1 Å². The van der Waals surface area contributed by atoms with Crippen LogP contribution in [0.4, 0.5) is 5.69 Å². The molecule has 0 bridgehead atoms. The number of carbonyl (C=O) groups is 2. The van der Waals surface area contributed by atoms with Crippen LogP contribution in [0.3, 0.4) is 0 Å². The summed E-state index contributed by atoms with van der Waals surface area (Å²) in [5.41, 5.74) is 8.17. The van der Waals surface area contributed by atoms with E-state index < -0.39 is 18.1 Å². The van der Waals surface area contributed by atoms with E-state index in [1.807, 2.05) is 30.5 Å². The molecule has 1 aromatic rings. The van der Waals surface area contributed by atoms with Crippen molar-refractivity contribution in [1.29, 1.82) is 0 Å². The van der Waals surface area contributed by atoms with E-state index in [0.717, 1.165) is 23.4 Å². The fourth-order valence-corrected chi connectivity index (χ4v) is 3.02. The molecule has 0 aliphatic rings. The predicted octanol–water partition coefficient (Wildman–Crippen LogP) is 2.85. The summed E-state index contributed by atoms with van der Waals surface area (Å²) in [6.07, 6.45) is 3.22. The van der Waals surface area contributed by atoms with Gasteiger partial charge in [0.2, 0.25) is 5.91 Å². The molecule has 0 aliphatic heterocycles. The first kappa shape index (κ1) is 26.6. The van der Waals surface area contributed by atoms with Gasteiger partial charge in [-0.1, -0.05) is 32.0 Å². The number of hydrogen-bond acceptors (Lipinski definition) is 6. The summed E-state index contributed by atoms with van der Waals surface area (Å²) in [7, 11) is 1.33. The van der Waals surface area contributed by atoms with Crippen molar-refractivity contribution in [3.63, 3.8) is 0 Å². The first-order valence-electron chi connectivity index (χ1n) is 9.27. The van der Waals surface area contributed by atoms with Crippen LogP contribution in [-0.2, 0) is 20.7 Å². The maximum Gasteiger partial charge on any atom is 0.328 e. The minimum Gasteiger partial charge on any atom is -0.467 e. The molecule has 0 saturated carbocycles. The molecule has 6 nitrogen and oxygen atoms in total. The fraction of sp³-hybridized carbons (Fsp3) is 0.600. The molecule has 3 atom stereocenters. The van der Waals surface area contributed by atoms with Crippen molar-refractivity contribution in [3.05, 3.63) is 29.8 Å². The highest BCUT2D eigenvalue weighted by Gasteiger charge is 2.24. The lowest BCUT2D eigenvalue weighted by Crippen LogP contribution is -2.47. The maximum atomic E-state index is 12.6. The largest absolute Gasteiger partial charge is 0.467 e. The molecule has 1 aromatic carbocycles. The van der Waals surface area contributed by atoms with Crippen LogP contribution in [0.2, 0.25) is 0 Å². The number of anilines is 1. The number of esters is 1. The third kappa shape index (κ3) is 8.71. The third-order valence-electron chi connectivity index (χ3n) is 4.51. The van der Waals surface area contributed by atoms with Crippen LogP contribution in [0.5, 0.6) is 0 Å². The quantitative estimate of drug-likeness (QED) is 0.466. The second kappa shape index (κ2) is 13.7. The molecule has 8 heteroatoms.